The molecule has 1 rings (SSSR count). The molecule has 1 aliphatic carbocycles. The average molecular weight is 270 g/mol. The minimum atomic E-state index is -0.555. The largest absolute Gasteiger partial charge is 0.469 e. The van der Waals surface area contributed by atoms with Gasteiger partial charge in [0, 0.05) is 6.04 Å². The van der Waals surface area contributed by atoms with Crippen LogP contribution in [0.3, 0.4) is 0 Å². The molecule has 3 N–H and O–H groups in total. The van der Waals surface area contributed by atoms with Gasteiger partial charge in [0.2, 0.25) is 0 Å². The summed E-state index contributed by atoms with van der Waals surface area (Å²) >= 11 is 0. The molecule has 1 amide bonds. The molecule has 0 aromatic heterocycles. The van der Waals surface area contributed by atoms with Gasteiger partial charge >= 0.3 is 12.1 Å². The highest BCUT2D eigenvalue weighted by Crippen LogP contribution is 2.20. The standard InChI is InChI=1S/C13H22N2O4/c1-13(2,3)19-12(17)15-8-5-6-10(14)9(7-8)11(16)18-4/h5-6,8-10H,7,14H2,1-4H3,(H,15,17)/t8-,9+,10-/m1/s1. The number of alkyl carbamates (subject to hydrolysis) is 1. The van der Waals surface area contributed by atoms with Crippen LogP contribution in [0.5, 0.6) is 0 Å². The number of ether oxygens (including phenoxy) is 2. The number of nitrogens with one attached hydrogen (secondary N) is 1. The van der Waals surface area contributed by atoms with Crippen LogP contribution in [0.25, 0.3) is 0 Å². The lowest BCUT2D eigenvalue weighted by Gasteiger charge is -2.29. The molecule has 0 heterocycles. The topological polar surface area (TPSA) is 90.6 Å². The van der Waals surface area contributed by atoms with E-state index < -0.39 is 17.6 Å². The van der Waals surface area contributed by atoms with E-state index in [1.54, 1.807) is 32.9 Å². The molecule has 0 aromatic carbocycles. The van der Waals surface area contributed by atoms with E-state index in [4.69, 9.17) is 15.2 Å². The molecule has 0 saturated heterocycles. The molecule has 0 radical (unpaired) electrons. The first-order chi connectivity index (χ1) is 8.73. The number of rotatable bonds is 2. The third kappa shape index (κ3) is 4.90. The Bertz CT molecular complexity index is 373. The van der Waals surface area contributed by atoms with E-state index in [9.17, 15) is 9.59 Å². The van der Waals surface area contributed by atoms with Crippen LogP contribution in [0.4, 0.5) is 4.79 Å². The normalized spacial score (nSPS) is 26.7. The van der Waals surface area contributed by atoms with Crippen molar-refractivity contribution in [3.05, 3.63) is 12.2 Å². The van der Waals surface area contributed by atoms with Gasteiger partial charge in [-0.05, 0) is 27.2 Å². The molecule has 0 fully saturated rings. The number of hydrogen-bond acceptors (Lipinski definition) is 5. The maximum atomic E-state index is 11.6. The molecule has 0 aliphatic heterocycles. The predicted molar refractivity (Wildman–Crippen MR) is 70.4 cm³/mol. The van der Waals surface area contributed by atoms with Gasteiger partial charge in [0.25, 0.3) is 0 Å². The van der Waals surface area contributed by atoms with Crippen molar-refractivity contribution < 1.29 is 19.1 Å². The van der Waals surface area contributed by atoms with Crippen molar-refractivity contribution in [1.82, 2.24) is 5.32 Å². The third-order valence-corrected chi connectivity index (χ3v) is 2.74. The van der Waals surface area contributed by atoms with Crippen LogP contribution in [-0.2, 0) is 14.3 Å². The van der Waals surface area contributed by atoms with E-state index >= 15 is 0 Å². The number of carbonyl (C=O) groups excluding carboxylic acids is 2. The maximum Gasteiger partial charge on any atom is 0.408 e. The van der Waals surface area contributed by atoms with E-state index in [0.717, 1.165) is 0 Å². The van der Waals surface area contributed by atoms with Gasteiger partial charge in [0.1, 0.15) is 5.60 Å². The van der Waals surface area contributed by atoms with Crippen LogP contribution in [0, 0.1) is 5.92 Å². The summed E-state index contributed by atoms with van der Waals surface area (Å²) in [6.45, 7) is 5.36. The minimum absolute atomic E-state index is 0.279. The van der Waals surface area contributed by atoms with Gasteiger partial charge in [-0.2, -0.15) is 0 Å². The molecule has 19 heavy (non-hydrogen) atoms. The lowest BCUT2D eigenvalue weighted by atomic mass is 9.87. The molecule has 0 aromatic rings. The molecule has 108 valence electrons. The number of amides is 1. The summed E-state index contributed by atoms with van der Waals surface area (Å²) in [6.07, 6.45) is 3.37. The van der Waals surface area contributed by atoms with Crippen molar-refractivity contribution in [3.63, 3.8) is 0 Å². The molecule has 0 spiro atoms. The van der Waals surface area contributed by atoms with Gasteiger partial charge in [0.05, 0.1) is 19.1 Å². The highest BCUT2D eigenvalue weighted by Gasteiger charge is 2.32. The van der Waals surface area contributed by atoms with Crippen LogP contribution in [0.15, 0.2) is 12.2 Å². The summed E-state index contributed by atoms with van der Waals surface area (Å²) in [4.78, 5) is 23.2. The summed E-state index contributed by atoms with van der Waals surface area (Å²) in [5.74, 6) is -0.817. The zero-order chi connectivity index (χ0) is 14.6. The lowest BCUT2D eigenvalue weighted by Crippen LogP contribution is -2.46. The predicted octanol–water partition coefficient (Wildman–Crippen LogP) is 0.956. The van der Waals surface area contributed by atoms with Gasteiger partial charge in [-0.1, -0.05) is 12.2 Å². The Morgan fingerprint density at radius 3 is 2.47 bits per heavy atom. The first-order valence-electron chi connectivity index (χ1n) is 6.24. The highest BCUT2D eigenvalue weighted by atomic mass is 16.6. The van der Waals surface area contributed by atoms with Gasteiger partial charge < -0.3 is 20.5 Å². The molecule has 0 saturated carbocycles. The zero-order valence-electron chi connectivity index (χ0n) is 11.8. The molecule has 1 aliphatic rings. The van der Waals surface area contributed by atoms with E-state index in [2.05, 4.69) is 5.32 Å². The molecule has 6 nitrogen and oxygen atoms in total. The number of nitrogens with two attached hydrogens (primary N) is 1. The summed E-state index contributed by atoms with van der Waals surface area (Å²) in [5, 5.41) is 2.69. The summed E-state index contributed by atoms with van der Waals surface area (Å²) in [6, 6.07) is -0.664. The molecule has 3 atom stereocenters. The number of esters is 1. The van der Waals surface area contributed by atoms with Gasteiger partial charge in [-0.15, -0.1) is 0 Å². The van der Waals surface area contributed by atoms with Crippen LogP contribution >= 0.6 is 0 Å². The van der Waals surface area contributed by atoms with E-state index in [1.165, 1.54) is 7.11 Å². The Balaban J connectivity index is 2.59. The number of carbonyl (C=O) groups is 2. The van der Waals surface area contributed by atoms with Gasteiger partial charge in [-0.25, -0.2) is 4.79 Å². The molecule has 0 unspecified atom stereocenters. The van der Waals surface area contributed by atoms with Crippen LogP contribution < -0.4 is 11.1 Å². The van der Waals surface area contributed by atoms with E-state index in [1.807, 2.05) is 0 Å². The quantitative estimate of drug-likeness (QED) is 0.576. The first kappa shape index (κ1) is 15.5. The van der Waals surface area contributed by atoms with E-state index in [-0.39, 0.29) is 18.1 Å². The van der Waals surface area contributed by atoms with Gasteiger partial charge in [-0.3, -0.25) is 4.79 Å². The van der Waals surface area contributed by atoms with Crippen molar-refractivity contribution in [2.45, 2.75) is 44.9 Å². The Hall–Kier alpha value is -1.56. The lowest BCUT2D eigenvalue weighted by molar-refractivity contribution is -0.146. The van der Waals surface area contributed by atoms with Gasteiger partial charge in [0.15, 0.2) is 0 Å². The fraction of sp³-hybridized carbons (Fsp3) is 0.692. The third-order valence-electron chi connectivity index (χ3n) is 2.74. The fourth-order valence-corrected chi connectivity index (χ4v) is 1.88. The second-order valence-corrected chi connectivity index (χ2v) is 5.58. The fourth-order valence-electron chi connectivity index (χ4n) is 1.88. The van der Waals surface area contributed by atoms with Crippen LogP contribution in [0.2, 0.25) is 0 Å². The van der Waals surface area contributed by atoms with Crippen molar-refractivity contribution in [1.29, 1.82) is 0 Å². The SMILES string of the molecule is COC(=O)[C@H]1C[C@H](NC(=O)OC(C)(C)C)C=C[C@H]1N. The van der Waals surface area contributed by atoms with Crippen LogP contribution in [-0.4, -0.2) is 36.9 Å². The zero-order valence-corrected chi connectivity index (χ0v) is 11.8. The monoisotopic (exact) mass is 270 g/mol. The molecular weight excluding hydrogens is 248 g/mol. The molecule has 6 heteroatoms. The van der Waals surface area contributed by atoms with Crippen molar-refractivity contribution in [2.24, 2.45) is 11.7 Å². The summed E-state index contributed by atoms with van der Waals surface area (Å²) in [5.41, 5.74) is 5.26. The Morgan fingerprint density at radius 2 is 1.95 bits per heavy atom. The summed E-state index contributed by atoms with van der Waals surface area (Å²) < 4.78 is 9.86. The van der Waals surface area contributed by atoms with Crippen molar-refractivity contribution in [3.8, 4) is 0 Å². The van der Waals surface area contributed by atoms with Crippen molar-refractivity contribution >= 4 is 12.1 Å². The maximum absolute atomic E-state index is 11.6. The molecule has 0 bridgehead atoms. The van der Waals surface area contributed by atoms with Crippen molar-refractivity contribution in [2.75, 3.05) is 7.11 Å². The second-order valence-electron chi connectivity index (χ2n) is 5.58. The first-order valence-corrected chi connectivity index (χ1v) is 6.24. The average Bonchev–Trinajstić information content (AvgIpc) is 2.28. The number of hydrogen-bond donors (Lipinski definition) is 2. The Morgan fingerprint density at radius 1 is 1.32 bits per heavy atom. The van der Waals surface area contributed by atoms with Crippen LogP contribution in [0.1, 0.15) is 27.2 Å². The number of methoxy groups -OCH3 is 1. The molecular formula is C13H22N2O4. The smallest absolute Gasteiger partial charge is 0.408 e. The second kappa shape index (κ2) is 6.06. The Labute approximate surface area is 113 Å². The minimum Gasteiger partial charge on any atom is -0.469 e. The van der Waals surface area contributed by atoms with E-state index in [0.29, 0.717) is 6.42 Å². The Kier molecular flexibility index (Phi) is 4.94. The summed E-state index contributed by atoms with van der Waals surface area (Å²) in [7, 11) is 1.32. The highest BCUT2D eigenvalue weighted by molar-refractivity contribution is 5.74.